The predicted molar refractivity (Wildman–Crippen MR) is 53.2 cm³/mol. The summed E-state index contributed by atoms with van der Waals surface area (Å²) in [5.74, 6) is -0.579. The lowest BCUT2D eigenvalue weighted by atomic mass is 10.1. The molecule has 0 aliphatic heterocycles. The Morgan fingerprint density at radius 1 is 1.50 bits per heavy atom. The molecule has 0 saturated carbocycles. The second kappa shape index (κ2) is 4.39. The Labute approximate surface area is 89.6 Å². The molecule has 0 spiro atoms. The quantitative estimate of drug-likeness (QED) is 0.349. The van der Waals surface area contributed by atoms with E-state index in [1.54, 1.807) is 0 Å². The number of hydrogen-bond acceptors (Lipinski definition) is 3. The van der Waals surface area contributed by atoms with Crippen LogP contribution < -0.4 is 0 Å². The molecule has 0 N–H and O–H groups in total. The van der Waals surface area contributed by atoms with E-state index in [4.69, 9.17) is 23.2 Å². The molecule has 0 amide bonds. The number of rotatable bonds is 3. The van der Waals surface area contributed by atoms with Gasteiger partial charge >= 0.3 is 0 Å². The van der Waals surface area contributed by atoms with E-state index in [2.05, 4.69) is 0 Å². The van der Waals surface area contributed by atoms with Crippen LogP contribution in [0.2, 0.25) is 5.02 Å². The molecular weight excluding hydrogens is 229 g/mol. The van der Waals surface area contributed by atoms with Crippen LogP contribution in [0.15, 0.2) is 18.2 Å². The van der Waals surface area contributed by atoms with Crippen molar-refractivity contribution in [2.24, 2.45) is 0 Å². The number of halogens is 2. The minimum Gasteiger partial charge on any atom is -0.293 e. The summed E-state index contributed by atoms with van der Waals surface area (Å²) in [4.78, 5) is 20.9. The van der Waals surface area contributed by atoms with Crippen molar-refractivity contribution < 1.29 is 9.72 Å². The summed E-state index contributed by atoms with van der Waals surface area (Å²) in [6, 6.07) is 3.83. The SMILES string of the molecule is O=C(CCl)c1ccc(Cl)c([N+](=O)[O-])c1. The van der Waals surface area contributed by atoms with Crippen LogP contribution in [0.5, 0.6) is 0 Å². The van der Waals surface area contributed by atoms with Crippen LogP contribution in [0.4, 0.5) is 5.69 Å². The van der Waals surface area contributed by atoms with Crippen molar-refractivity contribution in [1.29, 1.82) is 0 Å². The highest BCUT2D eigenvalue weighted by Gasteiger charge is 2.15. The van der Waals surface area contributed by atoms with Gasteiger partial charge in [0.2, 0.25) is 0 Å². The van der Waals surface area contributed by atoms with Gasteiger partial charge in [-0.05, 0) is 12.1 Å². The molecule has 0 radical (unpaired) electrons. The molecule has 1 rings (SSSR count). The van der Waals surface area contributed by atoms with Crippen LogP contribution in [0.3, 0.4) is 0 Å². The van der Waals surface area contributed by atoms with Crippen molar-refractivity contribution in [2.75, 3.05) is 5.88 Å². The average Bonchev–Trinajstić information content (AvgIpc) is 2.17. The first-order valence-electron chi connectivity index (χ1n) is 3.59. The lowest BCUT2D eigenvalue weighted by Crippen LogP contribution is -2.01. The Morgan fingerprint density at radius 3 is 2.64 bits per heavy atom. The Bertz CT molecular complexity index is 392. The predicted octanol–water partition coefficient (Wildman–Crippen LogP) is 2.67. The average molecular weight is 234 g/mol. The zero-order valence-electron chi connectivity index (χ0n) is 6.87. The summed E-state index contributed by atoms with van der Waals surface area (Å²) in [6.45, 7) is 0. The number of carbonyl (C=O) groups is 1. The van der Waals surface area contributed by atoms with Crippen LogP contribution in [0, 0.1) is 10.1 Å². The highest BCUT2D eigenvalue weighted by Crippen LogP contribution is 2.25. The van der Waals surface area contributed by atoms with Gasteiger partial charge in [-0.3, -0.25) is 14.9 Å². The third-order valence-corrected chi connectivity index (χ3v) is 2.15. The zero-order valence-corrected chi connectivity index (χ0v) is 8.38. The maximum atomic E-state index is 11.1. The minimum absolute atomic E-state index is 0.00104. The molecule has 1 aromatic carbocycles. The van der Waals surface area contributed by atoms with Gasteiger partial charge in [-0.1, -0.05) is 11.6 Å². The van der Waals surface area contributed by atoms with Crippen molar-refractivity contribution in [3.05, 3.63) is 38.9 Å². The lowest BCUT2D eigenvalue weighted by molar-refractivity contribution is -0.384. The van der Waals surface area contributed by atoms with Gasteiger partial charge in [-0.2, -0.15) is 0 Å². The van der Waals surface area contributed by atoms with Crippen LogP contribution in [0.1, 0.15) is 10.4 Å². The monoisotopic (exact) mass is 233 g/mol. The fourth-order valence-electron chi connectivity index (χ4n) is 0.903. The molecule has 0 unspecified atom stereocenters. The molecule has 0 aliphatic rings. The lowest BCUT2D eigenvalue weighted by Gasteiger charge is -1.98. The largest absolute Gasteiger partial charge is 0.293 e. The Kier molecular flexibility index (Phi) is 3.43. The highest BCUT2D eigenvalue weighted by molar-refractivity contribution is 6.33. The number of benzene rings is 1. The van der Waals surface area contributed by atoms with Crippen LogP contribution in [-0.2, 0) is 0 Å². The number of alkyl halides is 1. The van der Waals surface area contributed by atoms with Crippen LogP contribution in [0.25, 0.3) is 0 Å². The van der Waals surface area contributed by atoms with Gasteiger partial charge in [0.1, 0.15) is 5.02 Å². The third kappa shape index (κ3) is 2.21. The summed E-state index contributed by atoms with van der Waals surface area (Å²) in [7, 11) is 0. The van der Waals surface area contributed by atoms with Crippen LogP contribution >= 0.6 is 23.2 Å². The number of nitrogens with zero attached hydrogens (tertiary/aromatic N) is 1. The molecule has 0 atom stereocenters. The molecule has 14 heavy (non-hydrogen) atoms. The van der Waals surface area contributed by atoms with E-state index in [1.807, 2.05) is 0 Å². The van der Waals surface area contributed by atoms with E-state index < -0.39 is 4.92 Å². The van der Waals surface area contributed by atoms with E-state index in [1.165, 1.54) is 12.1 Å². The van der Waals surface area contributed by atoms with Gasteiger partial charge in [-0.25, -0.2) is 0 Å². The third-order valence-electron chi connectivity index (χ3n) is 1.59. The molecule has 4 nitrogen and oxygen atoms in total. The van der Waals surface area contributed by atoms with Gasteiger partial charge in [0.25, 0.3) is 5.69 Å². The summed E-state index contributed by atoms with van der Waals surface area (Å²) in [5.41, 5.74) is -0.0984. The van der Waals surface area contributed by atoms with Crippen molar-refractivity contribution in [3.8, 4) is 0 Å². The molecule has 0 aromatic heterocycles. The number of hydrogen-bond donors (Lipinski definition) is 0. The Hall–Kier alpha value is -1.13. The van der Waals surface area contributed by atoms with Gasteiger partial charge in [-0.15, -0.1) is 11.6 Å². The second-order valence-corrected chi connectivity index (χ2v) is 3.15. The summed E-state index contributed by atoms with van der Waals surface area (Å²) in [6.07, 6.45) is 0. The fourth-order valence-corrected chi connectivity index (χ4v) is 1.24. The maximum absolute atomic E-state index is 11.1. The zero-order chi connectivity index (χ0) is 10.7. The smallest absolute Gasteiger partial charge is 0.288 e. The van der Waals surface area contributed by atoms with Gasteiger partial charge in [0.15, 0.2) is 5.78 Å². The first-order valence-corrected chi connectivity index (χ1v) is 4.50. The van der Waals surface area contributed by atoms with Gasteiger partial charge < -0.3 is 0 Å². The minimum atomic E-state index is -0.645. The van der Waals surface area contributed by atoms with Crippen molar-refractivity contribution in [2.45, 2.75) is 0 Å². The maximum Gasteiger partial charge on any atom is 0.288 e. The first kappa shape index (κ1) is 10.9. The molecule has 0 fully saturated rings. The van der Waals surface area contributed by atoms with E-state index >= 15 is 0 Å². The number of carbonyl (C=O) groups excluding carboxylic acids is 1. The molecule has 6 heteroatoms. The summed E-state index contributed by atoms with van der Waals surface area (Å²) < 4.78 is 0. The van der Waals surface area contributed by atoms with Crippen molar-refractivity contribution in [1.82, 2.24) is 0 Å². The fraction of sp³-hybridized carbons (Fsp3) is 0.125. The first-order chi connectivity index (χ1) is 6.56. The van der Waals surface area contributed by atoms with E-state index in [0.717, 1.165) is 6.07 Å². The van der Waals surface area contributed by atoms with Gasteiger partial charge in [0.05, 0.1) is 10.8 Å². The molecule has 0 bridgehead atoms. The van der Waals surface area contributed by atoms with Crippen molar-refractivity contribution in [3.63, 3.8) is 0 Å². The highest BCUT2D eigenvalue weighted by atomic mass is 35.5. The molecule has 0 aliphatic carbocycles. The number of nitro groups is 1. The van der Waals surface area contributed by atoms with E-state index in [0.29, 0.717) is 0 Å². The number of ketones is 1. The normalized spacial score (nSPS) is 9.86. The molecule has 74 valence electrons. The Morgan fingerprint density at radius 2 is 2.14 bits per heavy atom. The second-order valence-electron chi connectivity index (χ2n) is 2.48. The van der Waals surface area contributed by atoms with Gasteiger partial charge in [0, 0.05) is 11.6 Å². The summed E-state index contributed by atoms with van der Waals surface area (Å²) >= 11 is 10.9. The molecule has 1 aromatic rings. The standard InChI is InChI=1S/C8H5Cl2NO3/c9-4-8(12)5-1-2-6(10)7(3-5)11(13)14/h1-3H,4H2. The van der Waals surface area contributed by atoms with Crippen LogP contribution in [-0.4, -0.2) is 16.6 Å². The van der Waals surface area contributed by atoms with E-state index in [9.17, 15) is 14.9 Å². The number of Topliss-reactive ketones (excluding diaryl/α,β-unsaturated/α-hetero) is 1. The summed E-state index contributed by atoms with van der Waals surface area (Å²) in [5, 5.41) is 10.5. The molecule has 0 saturated heterocycles. The molecular formula is C8H5Cl2NO3. The van der Waals surface area contributed by atoms with Crippen molar-refractivity contribution >= 4 is 34.7 Å². The van der Waals surface area contributed by atoms with E-state index in [-0.39, 0.29) is 27.9 Å². The number of nitro benzene ring substituents is 1. The molecule has 0 heterocycles. The topological polar surface area (TPSA) is 60.2 Å². The Balaban J connectivity index is 3.19.